The molecule has 0 saturated carbocycles. The molecule has 0 spiro atoms. The Hall–Kier alpha value is -3.62. The summed E-state index contributed by atoms with van der Waals surface area (Å²) >= 11 is 1.39. The Morgan fingerprint density at radius 3 is 2.26 bits per heavy atom. The largest absolute Gasteiger partial charge is 0.481 e. The van der Waals surface area contributed by atoms with Gasteiger partial charge in [-0.2, -0.15) is 11.8 Å². The zero-order valence-corrected chi connectivity index (χ0v) is 21.8. The van der Waals surface area contributed by atoms with Gasteiger partial charge in [0.05, 0.1) is 18.6 Å². The van der Waals surface area contributed by atoms with Crippen molar-refractivity contribution in [2.24, 2.45) is 5.73 Å². The lowest BCUT2D eigenvalue weighted by molar-refractivity contribution is -0.143. The maximum Gasteiger partial charge on any atom is 0.326 e. The summed E-state index contributed by atoms with van der Waals surface area (Å²) < 4.78 is 0. The number of aromatic amines is 1. The number of nitrogens with two attached hydrogens (primary N) is 1. The number of nitrogens with one attached hydrogen (secondary N) is 4. The number of H-pyrrole nitrogens is 1. The van der Waals surface area contributed by atoms with Gasteiger partial charge >= 0.3 is 11.9 Å². The van der Waals surface area contributed by atoms with Gasteiger partial charge in [-0.25, -0.2) is 4.79 Å². The lowest BCUT2D eigenvalue weighted by atomic mass is 10.0. The molecule has 0 saturated heterocycles. The monoisotopic (exact) mass is 551 g/mol. The summed E-state index contributed by atoms with van der Waals surface area (Å²) in [4.78, 5) is 64.0. The van der Waals surface area contributed by atoms with Crippen LogP contribution in [-0.4, -0.2) is 92.2 Å². The number of hydrogen-bond donors (Lipinski definition) is 8. The summed E-state index contributed by atoms with van der Waals surface area (Å²) in [6, 6.07) is 1.80. The molecule has 0 fully saturated rings. The van der Waals surface area contributed by atoms with Gasteiger partial charge in [0.1, 0.15) is 18.1 Å². The lowest BCUT2D eigenvalue weighted by Gasteiger charge is -2.26. The summed E-state index contributed by atoms with van der Waals surface area (Å²) in [6.07, 6.45) is 1.44. The smallest absolute Gasteiger partial charge is 0.326 e. The maximum absolute atomic E-state index is 13.0. The van der Waals surface area contributed by atoms with Crippen LogP contribution in [0.2, 0.25) is 0 Å². The van der Waals surface area contributed by atoms with Gasteiger partial charge in [0.2, 0.25) is 17.7 Å². The van der Waals surface area contributed by atoms with Crippen LogP contribution in [0.3, 0.4) is 0 Å². The van der Waals surface area contributed by atoms with Crippen molar-refractivity contribution in [1.82, 2.24) is 20.9 Å². The van der Waals surface area contributed by atoms with Crippen LogP contribution in [0.4, 0.5) is 0 Å². The molecule has 208 valence electrons. The number of rotatable bonds is 15. The zero-order chi connectivity index (χ0) is 28.4. The van der Waals surface area contributed by atoms with E-state index in [0.717, 1.165) is 10.9 Å². The number of aliphatic carboxylic acids is 2. The van der Waals surface area contributed by atoms with E-state index >= 15 is 0 Å². The van der Waals surface area contributed by atoms with Crippen LogP contribution in [0.15, 0.2) is 30.5 Å². The first-order valence-corrected chi connectivity index (χ1v) is 13.2. The number of carboxylic acid groups (broad SMARTS) is 2. The molecule has 5 unspecified atom stereocenters. The van der Waals surface area contributed by atoms with Gasteiger partial charge in [-0.15, -0.1) is 0 Å². The molecule has 0 aliphatic carbocycles. The van der Waals surface area contributed by atoms with E-state index in [4.69, 9.17) is 10.8 Å². The minimum atomic E-state index is -1.53. The van der Waals surface area contributed by atoms with Crippen molar-refractivity contribution >= 4 is 52.3 Å². The number of aliphatic hydroxyl groups excluding tert-OH is 1. The van der Waals surface area contributed by atoms with Crippen LogP contribution in [0.25, 0.3) is 10.9 Å². The third kappa shape index (κ3) is 8.75. The van der Waals surface area contributed by atoms with Gasteiger partial charge in [0, 0.05) is 23.5 Å². The first-order chi connectivity index (χ1) is 17.9. The Kier molecular flexibility index (Phi) is 11.6. The molecule has 0 bridgehead atoms. The van der Waals surface area contributed by atoms with E-state index in [1.807, 2.05) is 18.2 Å². The predicted molar refractivity (Wildman–Crippen MR) is 140 cm³/mol. The molecule has 0 aliphatic rings. The first-order valence-electron chi connectivity index (χ1n) is 11.8. The maximum atomic E-state index is 13.0. The molecule has 13 nitrogen and oxygen atoms in total. The van der Waals surface area contributed by atoms with Crippen LogP contribution in [0, 0.1) is 0 Å². The number of aliphatic hydroxyl groups is 1. The van der Waals surface area contributed by atoms with Crippen molar-refractivity contribution in [3.05, 3.63) is 36.0 Å². The molecule has 1 heterocycles. The van der Waals surface area contributed by atoms with E-state index in [1.54, 1.807) is 18.5 Å². The van der Waals surface area contributed by atoms with Crippen LogP contribution >= 0.6 is 11.8 Å². The molecule has 1 aromatic carbocycles. The molecule has 2 aromatic rings. The van der Waals surface area contributed by atoms with E-state index in [0.29, 0.717) is 11.3 Å². The molecule has 38 heavy (non-hydrogen) atoms. The SMILES string of the molecule is CSCCC(NC(=O)C(N)CC(=O)O)C(=O)NC(C(=O)NC(Cc1c[nH]c2ccccc12)C(=O)O)C(C)O. The van der Waals surface area contributed by atoms with Crippen molar-refractivity contribution < 1.29 is 39.3 Å². The average molecular weight is 552 g/mol. The highest BCUT2D eigenvalue weighted by atomic mass is 32.2. The quantitative estimate of drug-likeness (QED) is 0.137. The summed E-state index contributed by atoms with van der Waals surface area (Å²) in [5.74, 6) is -4.78. The van der Waals surface area contributed by atoms with Crippen molar-refractivity contribution in [2.75, 3.05) is 12.0 Å². The topological polar surface area (TPSA) is 224 Å². The number of thioether (sulfide) groups is 1. The van der Waals surface area contributed by atoms with Crippen molar-refractivity contribution in [2.45, 2.75) is 56.5 Å². The second-order valence-corrected chi connectivity index (χ2v) is 9.72. The molecule has 14 heteroatoms. The highest BCUT2D eigenvalue weighted by Crippen LogP contribution is 2.19. The van der Waals surface area contributed by atoms with Crippen LogP contribution in [-0.2, 0) is 30.4 Å². The van der Waals surface area contributed by atoms with E-state index in [2.05, 4.69) is 20.9 Å². The van der Waals surface area contributed by atoms with Crippen LogP contribution in [0.5, 0.6) is 0 Å². The number of hydrogen-bond acceptors (Lipinski definition) is 8. The number of carbonyl (C=O) groups excluding carboxylic acids is 3. The highest BCUT2D eigenvalue weighted by molar-refractivity contribution is 7.98. The third-order valence-electron chi connectivity index (χ3n) is 5.75. The molecule has 0 radical (unpaired) electrons. The number of aromatic nitrogens is 1. The van der Waals surface area contributed by atoms with Crippen LogP contribution in [0.1, 0.15) is 25.3 Å². The number of fused-ring (bicyclic) bond motifs is 1. The van der Waals surface area contributed by atoms with Crippen molar-refractivity contribution in [3.63, 3.8) is 0 Å². The summed E-state index contributed by atoms with van der Waals surface area (Å²) in [5.41, 5.74) is 7.03. The number of para-hydroxylation sites is 1. The number of carboxylic acids is 2. The molecule has 3 amide bonds. The molecule has 1 aromatic heterocycles. The Morgan fingerprint density at radius 2 is 1.66 bits per heavy atom. The van der Waals surface area contributed by atoms with Gasteiger partial charge in [0.15, 0.2) is 0 Å². The highest BCUT2D eigenvalue weighted by Gasteiger charge is 2.33. The van der Waals surface area contributed by atoms with Crippen molar-refractivity contribution in [3.8, 4) is 0 Å². The Morgan fingerprint density at radius 1 is 1.00 bits per heavy atom. The van der Waals surface area contributed by atoms with E-state index < -0.39 is 66.4 Å². The fraction of sp³-hybridized carbons (Fsp3) is 0.458. The molecule has 0 aliphatic heterocycles. The first kappa shape index (κ1) is 30.6. The minimum Gasteiger partial charge on any atom is -0.481 e. The molecule has 9 N–H and O–H groups in total. The number of carbonyl (C=O) groups is 5. The van der Waals surface area contributed by atoms with Gasteiger partial charge in [-0.05, 0) is 37.0 Å². The molecular weight excluding hydrogens is 518 g/mol. The zero-order valence-electron chi connectivity index (χ0n) is 21.0. The summed E-state index contributed by atoms with van der Waals surface area (Å²) in [7, 11) is 0. The summed E-state index contributed by atoms with van der Waals surface area (Å²) in [6.45, 7) is 1.25. The second-order valence-electron chi connectivity index (χ2n) is 8.74. The van der Waals surface area contributed by atoms with Gasteiger partial charge in [-0.1, -0.05) is 18.2 Å². The van der Waals surface area contributed by atoms with Gasteiger partial charge < -0.3 is 42.0 Å². The van der Waals surface area contributed by atoms with E-state index in [9.17, 15) is 34.2 Å². The van der Waals surface area contributed by atoms with Gasteiger partial charge in [-0.3, -0.25) is 19.2 Å². The Bertz CT molecular complexity index is 1150. The Labute approximate surface area is 222 Å². The normalized spacial score (nSPS) is 15.1. The summed E-state index contributed by atoms with van der Waals surface area (Å²) in [5, 5.41) is 36.7. The van der Waals surface area contributed by atoms with Crippen LogP contribution < -0.4 is 21.7 Å². The standard InChI is InChI=1S/C24H33N5O8S/c1-12(30)20(29-22(34)17(7-8-38-2)27-21(33)15(25)10-19(31)32)23(35)28-18(24(36)37)9-13-11-26-16-6-4-3-5-14(13)16/h3-6,11-12,15,17-18,20,26,30H,7-10,25H2,1-2H3,(H,27,33)(H,28,35)(H,29,34)(H,31,32)(H,36,37). The number of benzene rings is 1. The Balaban J connectivity index is 2.14. The molecule has 5 atom stereocenters. The predicted octanol–water partition coefficient (Wildman–Crippen LogP) is -0.815. The third-order valence-corrected chi connectivity index (χ3v) is 6.40. The molecular formula is C24H33N5O8S. The molecule has 2 rings (SSSR count). The van der Waals surface area contributed by atoms with E-state index in [1.165, 1.54) is 18.7 Å². The number of amides is 3. The minimum absolute atomic E-state index is 0.0561. The van der Waals surface area contributed by atoms with Crippen molar-refractivity contribution in [1.29, 1.82) is 0 Å². The second kappa shape index (κ2) is 14.4. The fourth-order valence-electron chi connectivity index (χ4n) is 3.71. The van der Waals surface area contributed by atoms with Gasteiger partial charge in [0.25, 0.3) is 0 Å². The average Bonchev–Trinajstić information content (AvgIpc) is 3.26. The fourth-order valence-corrected chi connectivity index (χ4v) is 4.18. The lowest BCUT2D eigenvalue weighted by Crippen LogP contribution is -2.60. The van der Waals surface area contributed by atoms with E-state index in [-0.39, 0.29) is 12.8 Å².